The maximum absolute atomic E-state index is 11.9. The quantitative estimate of drug-likeness (QED) is 0.748. The number of nitrogens with one attached hydrogen (secondary N) is 2. The lowest BCUT2D eigenvalue weighted by atomic mass is 10.1. The fourth-order valence-electron chi connectivity index (χ4n) is 2.42. The molecule has 2 amide bonds. The van der Waals surface area contributed by atoms with Crippen molar-refractivity contribution in [2.75, 3.05) is 17.2 Å². The Labute approximate surface area is 152 Å². The molecule has 0 fully saturated rings. The van der Waals surface area contributed by atoms with Crippen LogP contribution in [-0.4, -0.2) is 24.4 Å². The fourth-order valence-corrected chi connectivity index (χ4v) is 2.42. The highest BCUT2D eigenvalue weighted by Crippen LogP contribution is 2.13. The van der Waals surface area contributed by atoms with Gasteiger partial charge in [0.25, 0.3) is 5.91 Å². The van der Waals surface area contributed by atoms with Crippen LogP contribution in [0.4, 0.5) is 11.4 Å². The van der Waals surface area contributed by atoms with Gasteiger partial charge in [0.15, 0.2) is 6.61 Å². The Kier molecular flexibility index (Phi) is 6.91. The summed E-state index contributed by atoms with van der Waals surface area (Å²) in [6.45, 7) is 3.48. The summed E-state index contributed by atoms with van der Waals surface area (Å²) in [6, 6.07) is 14.6. The molecule has 0 radical (unpaired) electrons. The van der Waals surface area contributed by atoms with E-state index in [1.165, 1.54) is 0 Å². The van der Waals surface area contributed by atoms with Crippen LogP contribution in [0.15, 0.2) is 48.5 Å². The van der Waals surface area contributed by atoms with Gasteiger partial charge in [-0.2, -0.15) is 0 Å². The van der Waals surface area contributed by atoms with Gasteiger partial charge in [-0.3, -0.25) is 14.4 Å². The van der Waals surface area contributed by atoms with Crippen LogP contribution in [0.3, 0.4) is 0 Å². The van der Waals surface area contributed by atoms with Gasteiger partial charge in [0, 0.05) is 17.8 Å². The van der Waals surface area contributed by atoms with Crippen LogP contribution in [-0.2, 0) is 19.1 Å². The average Bonchev–Trinajstić information content (AvgIpc) is 2.58. The van der Waals surface area contributed by atoms with Crippen molar-refractivity contribution in [1.82, 2.24) is 0 Å². The molecule has 0 saturated carbocycles. The summed E-state index contributed by atoms with van der Waals surface area (Å²) in [5.41, 5.74) is 3.38. The van der Waals surface area contributed by atoms with Crippen molar-refractivity contribution in [2.24, 2.45) is 0 Å². The predicted molar refractivity (Wildman–Crippen MR) is 99.8 cm³/mol. The number of benzene rings is 2. The first-order valence-electron chi connectivity index (χ1n) is 8.31. The van der Waals surface area contributed by atoms with E-state index in [-0.39, 0.29) is 25.4 Å². The molecule has 0 bridgehead atoms. The molecular formula is C20H22N2O4. The van der Waals surface area contributed by atoms with E-state index in [4.69, 9.17) is 4.74 Å². The minimum absolute atomic E-state index is 0.00752. The van der Waals surface area contributed by atoms with E-state index in [1.807, 2.05) is 38.1 Å². The lowest BCUT2D eigenvalue weighted by Gasteiger charge is -2.08. The van der Waals surface area contributed by atoms with Gasteiger partial charge in [0.2, 0.25) is 5.91 Å². The third kappa shape index (κ3) is 6.76. The number of aryl methyl sites for hydroxylation is 2. The molecule has 0 aliphatic carbocycles. The smallest absolute Gasteiger partial charge is 0.306 e. The van der Waals surface area contributed by atoms with Crippen molar-refractivity contribution in [3.05, 3.63) is 59.7 Å². The van der Waals surface area contributed by atoms with Gasteiger partial charge in [0.1, 0.15) is 0 Å². The fraction of sp³-hybridized carbons (Fsp3) is 0.250. The standard InChI is InChI=1S/C20H22N2O4/c1-14-10-15(2)12-17(11-14)22-19(24)13-26-20(25)9-8-18(23)21-16-6-4-3-5-7-16/h3-7,10-12H,8-9,13H2,1-2H3,(H,21,23)(H,22,24). The van der Waals surface area contributed by atoms with E-state index in [2.05, 4.69) is 10.6 Å². The van der Waals surface area contributed by atoms with Gasteiger partial charge in [-0.15, -0.1) is 0 Å². The van der Waals surface area contributed by atoms with E-state index in [0.717, 1.165) is 11.1 Å². The Balaban J connectivity index is 1.69. The molecule has 0 saturated heterocycles. The molecule has 0 atom stereocenters. The average molecular weight is 354 g/mol. The van der Waals surface area contributed by atoms with Gasteiger partial charge < -0.3 is 15.4 Å². The molecular weight excluding hydrogens is 332 g/mol. The normalized spacial score (nSPS) is 10.1. The lowest BCUT2D eigenvalue weighted by Crippen LogP contribution is -2.21. The molecule has 0 aliphatic heterocycles. The second kappa shape index (κ2) is 9.36. The first-order chi connectivity index (χ1) is 12.4. The van der Waals surface area contributed by atoms with E-state index in [9.17, 15) is 14.4 Å². The molecule has 2 N–H and O–H groups in total. The maximum atomic E-state index is 11.9. The topological polar surface area (TPSA) is 84.5 Å². The Morgan fingerprint density at radius 1 is 0.808 bits per heavy atom. The van der Waals surface area contributed by atoms with Crippen molar-refractivity contribution in [2.45, 2.75) is 26.7 Å². The zero-order chi connectivity index (χ0) is 18.9. The van der Waals surface area contributed by atoms with Crippen LogP contribution in [0.5, 0.6) is 0 Å². The third-order valence-corrected chi connectivity index (χ3v) is 3.48. The van der Waals surface area contributed by atoms with Gasteiger partial charge in [-0.25, -0.2) is 0 Å². The van der Waals surface area contributed by atoms with E-state index < -0.39 is 11.9 Å². The molecule has 2 aromatic carbocycles. The number of rotatable bonds is 7. The van der Waals surface area contributed by atoms with Crippen LogP contribution >= 0.6 is 0 Å². The molecule has 136 valence electrons. The van der Waals surface area contributed by atoms with Crippen LogP contribution in [0.25, 0.3) is 0 Å². The van der Waals surface area contributed by atoms with E-state index in [1.54, 1.807) is 24.3 Å². The SMILES string of the molecule is Cc1cc(C)cc(NC(=O)COC(=O)CCC(=O)Nc2ccccc2)c1. The Morgan fingerprint density at radius 2 is 1.42 bits per heavy atom. The number of anilines is 2. The molecule has 6 nitrogen and oxygen atoms in total. The van der Waals surface area contributed by atoms with Crippen LogP contribution in [0, 0.1) is 13.8 Å². The number of carbonyl (C=O) groups is 3. The molecule has 2 aromatic rings. The zero-order valence-corrected chi connectivity index (χ0v) is 14.9. The molecule has 6 heteroatoms. The molecule has 0 spiro atoms. The summed E-state index contributed by atoms with van der Waals surface area (Å²) in [5.74, 6) is -1.30. The summed E-state index contributed by atoms with van der Waals surface area (Å²) < 4.78 is 4.91. The maximum Gasteiger partial charge on any atom is 0.306 e. The second-order valence-electron chi connectivity index (χ2n) is 6.00. The molecule has 26 heavy (non-hydrogen) atoms. The van der Waals surface area contributed by atoms with Crippen molar-refractivity contribution < 1.29 is 19.1 Å². The van der Waals surface area contributed by atoms with Crippen LogP contribution in [0.2, 0.25) is 0 Å². The van der Waals surface area contributed by atoms with Crippen molar-refractivity contribution in [3.8, 4) is 0 Å². The van der Waals surface area contributed by atoms with Crippen LogP contribution < -0.4 is 10.6 Å². The van der Waals surface area contributed by atoms with Crippen molar-refractivity contribution >= 4 is 29.2 Å². The molecule has 0 unspecified atom stereocenters. The highest BCUT2D eigenvalue weighted by Gasteiger charge is 2.11. The Morgan fingerprint density at radius 3 is 2.08 bits per heavy atom. The summed E-state index contributed by atoms with van der Waals surface area (Å²) >= 11 is 0. The minimum Gasteiger partial charge on any atom is -0.456 e. The summed E-state index contributed by atoms with van der Waals surface area (Å²) in [4.78, 5) is 35.3. The highest BCUT2D eigenvalue weighted by molar-refractivity contribution is 5.94. The summed E-state index contributed by atoms with van der Waals surface area (Å²) in [7, 11) is 0. The van der Waals surface area contributed by atoms with Crippen LogP contribution in [0.1, 0.15) is 24.0 Å². The molecule has 0 aromatic heterocycles. The number of hydrogen-bond donors (Lipinski definition) is 2. The first kappa shape index (κ1) is 19.2. The zero-order valence-electron chi connectivity index (χ0n) is 14.9. The molecule has 0 aliphatic rings. The minimum atomic E-state index is -0.594. The first-order valence-corrected chi connectivity index (χ1v) is 8.31. The van der Waals surface area contributed by atoms with Crippen molar-refractivity contribution in [1.29, 1.82) is 0 Å². The largest absolute Gasteiger partial charge is 0.456 e. The van der Waals surface area contributed by atoms with Gasteiger partial charge in [-0.1, -0.05) is 24.3 Å². The van der Waals surface area contributed by atoms with Gasteiger partial charge in [-0.05, 0) is 49.2 Å². The molecule has 0 heterocycles. The Hall–Kier alpha value is -3.15. The van der Waals surface area contributed by atoms with Crippen molar-refractivity contribution in [3.63, 3.8) is 0 Å². The summed E-state index contributed by atoms with van der Waals surface area (Å²) in [5, 5.41) is 5.36. The Bertz CT molecular complexity index is 767. The van der Waals surface area contributed by atoms with E-state index >= 15 is 0 Å². The predicted octanol–water partition coefficient (Wildman–Crippen LogP) is 3.20. The number of amides is 2. The number of para-hydroxylation sites is 1. The monoisotopic (exact) mass is 354 g/mol. The number of ether oxygens (including phenoxy) is 1. The summed E-state index contributed by atoms with van der Waals surface area (Å²) in [6.07, 6.45) is -0.0953. The molecule has 2 rings (SSSR count). The van der Waals surface area contributed by atoms with Gasteiger partial charge in [0.05, 0.1) is 6.42 Å². The number of hydrogen-bond acceptors (Lipinski definition) is 4. The third-order valence-electron chi connectivity index (χ3n) is 3.48. The second-order valence-corrected chi connectivity index (χ2v) is 6.00. The number of carbonyl (C=O) groups excluding carboxylic acids is 3. The highest BCUT2D eigenvalue weighted by atomic mass is 16.5. The number of esters is 1. The van der Waals surface area contributed by atoms with Gasteiger partial charge >= 0.3 is 5.97 Å². The van der Waals surface area contributed by atoms with E-state index in [0.29, 0.717) is 11.4 Å². The lowest BCUT2D eigenvalue weighted by molar-refractivity contribution is -0.147.